The average molecular weight is 255 g/mol. The number of amides is 1. The molecule has 1 aliphatic heterocycles. The predicted molar refractivity (Wildman–Crippen MR) is 75.3 cm³/mol. The minimum absolute atomic E-state index is 0.000733. The first kappa shape index (κ1) is 15.4. The van der Waals surface area contributed by atoms with Crippen LogP contribution in [-0.4, -0.2) is 41.5 Å². The SMILES string of the molecule is CC(C)C(N)C(=O)NC1CCN(C(C)(C)C)CC1. The van der Waals surface area contributed by atoms with Crippen LogP contribution in [0.3, 0.4) is 0 Å². The van der Waals surface area contributed by atoms with E-state index < -0.39 is 0 Å². The summed E-state index contributed by atoms with van der Waals surface area (Å²) >= 11 is 0. The van der Waals surface area contributed by atoms with Crippen molar-refractivity contribution in [2.75, 3.05) is 13.1 Å². The van der Waals surface area contributed by atoms with Gasteiger partial charge in [0.25, 0.3) is 0 Å². The number of nitrogens with one attached hydrogen (secondary N) is 1. The Kier molecular flexibility index (Phi) is 5.17. The molecule has 0 aliphatic carbocycles. The fraction of sp³-hybridized carbons (Fsp3) is 0.929. The van der Waals surface area contributed by atoms with E-state index in [9.17, 15) is 4.79 Å². The Hall–Kier alpha value is -0.610. The Bertz CT molecular complexity index is 275. The van der Waals surface area contributed by atoms with Gasteiger partial charge in [0.1, 0.15) is 0 Å². The maximum atomic E-state index is 11.9. The van der Waals surface area contributed by atoms with Gasteiger partial charge in [-0.2, -0.15) is 0 Å². The molecule has 4 nitrogen and oxygen atoms in total. The van der Waals surface area contributed by atoms with E-state index in [0.29, 0.717) is 6.04 Å². The summed E-state index contributed by atoms with van der Waals surface area (Å²) in [6.45, 7) is 12.8. The third kappa shape index (κ3) is 4.25. The third-order valence-electron chi connectivity index (χ3n) is 3.81. The van der Waals surface area contributed by atoms with E-state index in [4.69, 9.17) is 5.73 Å². The molecule has 0 radical (unpaired) electrons. The molecule has 1 aliphatic rings. The first-order valence-corrected chi connectivity index (χ1v) is 7.03. The van der Waals surface area contributed by atoms with Crippen molar-refractivity contribution in [3.05, 3.63) is 0 Å². The zero-order valence-corrected chi connectivity index (χ0v) is 12.5. The highest BCUT2D eigenvalue weighted by atomic mass is 16.2. The topological polar surface area (TPSA) is 58.4 Å². The molecule has 1 atom stereocenters. The van der Waals surface area contributed by atoms with Crippen LogP contribution >= 0.6 is 0 Å². The third-order valence-corrected chi connectivity index (χ3v) is 3.81. The van der Waals surface area contributed by atoms with Gasteiger partial charge in [-0.1, -0.05) is 13.8 Å². The van der Waals surface area contributed by atoms with Crippen LogP contribution in [0, 0.1) is 5.92 Å². The van der Waals surface area contributed by atoms with Crippen molar-refractivity contribution < 1.29 is 4.79 Å². The van der Waals surface area contributed by atoms with Gasteiger partial charge >= 0.3 is 0 Å². The lowest BCUT2D eigenvalue weighted by molar-refractivity contribution is -0.124. The van der Waals surface area contributed by atoms with E-state index in [1.165, 1.54) is 0 Å². The molecule has 1 fully saturated rings. The van der Waals surface area contributed by atoms with E-state index in [1.807, 2.05) is 13.8 Å². The fourth-order valence-electron chi connectivity index (χ4n) is 2.29. The molecule has 0 spiro atoms. The zero-order chi connectivity index (χ0) is 13.9. The van der Waals surface area contributed by atoms with Crippen molar-refractivity contribution in [1.82, 2.24) is 10.2 Å². The molecule has 1 heterocycles. The van der Waals surface area contributed by atoms with Gasteiger partial charge in [-0.05, 0) is 39.5 Å². The molecule has 3 N–H and O–H groups in total. The van der Waals surface area contributed by atoms with Crippen molar-refractivity contribution >= 4 is 5.91 Å². The van der Waals surface area contributed by atoms with Gasteiger partial charge in [0.05, 0.1) is 6.04 Å². The summed E-state index contributed by atoms with van der Waals surface area (Å²) in [5.41, 5.74) is 6.08. The van der Waals surface area contributed by atoms with E-state index in [0.717, 1.165) is 25.9 Å². The summed E-state index contributed by atoms with van der Waals surface area (Å²) in [6, 6.07) is -0.0912. The van der Waals surface area contributed by atoms with Crippen LogP contribution in [0.4, 0.5) is 0 Å². The van der Waals surface area contributed by atoms with E-state index >= 15 is 0 Å². The van der Waals surface area contributed by atoms with Crippen molar-refractivity contribution in [2.45, 2.75) is 65.1 Å². The predicted octanol–water partition coefficient (Wildman–Crippen LogP) is 1.35. The number of carbonyl (C=O) groups is 1. The lowest BCUT2D eigenvalue weighted by atomic mass is 9.97. The van der Waals surface area contributed by atoms with Gasteiger partial charge in [0, 0.05) is 24.7 Å². The van der Waals surface area contributed by atoms with Gasteiger partial charge in [-0.25, -0.2) is 0 Å². The molecule has 4 heteroatoms. The minimum Gasteiger partial charge on any atom is -0.352 e. The first-order valence-electron chi connectivity index (χ1n) is 7.03. The fourth-order valence-corrected chi connectivity index (χ4v) is 2.29. The van der Waals surface area contributed by atoms with Crippen LogP contribution < -0.4 is 11.1 Å². The van der Waals surface area contributed by atoms with Gasteiger partial charge in [0.15, 0.2) is 0 Å². The number of nitrogens with zero attached hydrogens (tertiary/aromatic N) is 1. The summed E-state index contributed by atoms with van der Waals surface area (Å²) in [7, 11) is 0. The first-order chi connectivity index (χ1) is 8.21. The van der Waals surface area contributed by atoms with Gasteiger partial charge in [0.2, 0.25) is 5.91 Å². The van der Waals surface area contributed by atoms with Crippen molar-refractivity contribution in [2.24, 2.45) is 11.7 Å². The zero-order valence-electron chi connectivity index (χ0n) is 12.5. The maximum absolute atomic E-state index is 11.9. The Morgan fingerprint density at radius 3 is 2.17 bits per heavy atom. The van der Waals surface area contributed by atoms with Gasteiger partial charge in [-0.3, -0.25) is 9.69 Å². The summed E-state index contributed by atoms with van der Waals surface area (Å²) in [6.07, 6.45) is 2.04. The molecule has 1 amide bonds. The van der Waals surface area contributed by atoms with Gasteiger partial charge in [-0.15, -0.1) is 0 Å². The van der Waals surface area contributed by atoms with Crippen LogP contribution in [0.2, 0.25) is 0 Å². The Morgan fingerprint density at radius 1 is 1.28 bits per heavy atom. The number of rotatable bonds is 3. The molecule has 1 unspecified atom stereocenters. The molecule has 0 aromatic heterocycles. The lowest BCUT2D eigenvalue weighted by Gasteiger charge is -2.41. The lowest BCUT2D eigenvalue weighted by Crippen LogP contribution is -2.53. The van der Waals surface area contributed by atoms with Crippen LogP contribution in [-0.2, 0) is 4.79 Å². The summed E-state index contributed by atoms with van der Waals surface area (Å²) in [5.74, 6) is 0.193. The Balaban J connectivity index is 2.38. The molecule has 106 valence electrons. The smallest absolute Gasteiger partial charge is 0.237 e. The molecule has 0 bridgehead atoms. The quantitative estimate of drug-likeness (QED) is 0.800. The Labute approximate surface area is 111 Å². The number of likely N-dealkylation sites (tertiary alicyclic amines) is 1. The number of hydrogen-bond donors (Lipinski definition) is 2. The highest BCUT2D eigenvalue weighted by molar-refractivity contribution is 5.82. The van der Waals surface area contributed by atoms with Crippen LogP contribution in [0.5, 0.6) is 0 Å². The molecular weight excluding hydrogens is 226 g/mol. The Morgan fingerprint density at radius 2 is 1.78 bits per heavy atom. The highest BCUT2D eigenvalue weighted by Gasteiger charge is 2.28. The van der Waals surface area contributed by atoms with Crippen molar-refractivity contribution in [3.63, 3.8) is 0 Å². The van der Waals surface area contributed by atoms with Crippen LogP contribution in [0.15, 0.2) is 0 Å². The molecule has 1 saturated heterocycles. The second-order valence-electron chi connectivity index (χ2n) is 6.71. The van der Waals surface area contributed by atoms with Crippen LogP contribution in [0.25, 0.3) is 0 Å². The summed E-state index contributed by atoms with van der Waals surface area (Å²) < 4.78 is 0. The number of piperidine rings is 1. The van der Waals surface area contributed by atoms with Gasteiger partial charge < -0.3 is 11.1 Å². The summed E-state index contributed by atoms with van der Waals surface area (Å²) in [4.78, 5) is 14.4. The number of carbonyl (C=O) groups excluding carboxylic acids is 1. The minimum atomic E-state index is -0.384. The normalized spacial score (nSPS) is 21.1. The van der Waals surface area contributed by atoms with E-state index in [-0.39, 0.29) is 23.4 Å². The monoisotopic (exact) mass is 255 g/mol. The number of hydrogen-bond acceptors (Lipinski definition) is 3. The molecule has 1 rings (SSSR count). The molecular formula is C14H29N3O. The van der Waals surface area contributed by atoms with Crippen LogP contribution in [0.1, 0.15) is 47.5 Å². The average Bonchev–Trinajstić information content (AvgIpc) is 2.27. The largest absolute Gasteiger partial charge is 0.352 e. The van der Waals surface area contributed by atoms with E-state index in [2.05, 4.69) is 31.0 Å². The summed E-state index contributed by atoms with van der Waals surface area (Å²) in [5, 5.41) is 3.08. The standard InChI is InChI=1S/C14H29N3O/c1-10(2)12(15)13(18)16-11-6-8-17(9-7-11)14(3,4)5/h10-12H,6-9,15H2,1-5H3,(H,16,18). The molecule has 0 aromatic carbocycles. The second-order valence-corrected chi connectivity index (χ2v) is 6.71. The maximum Gasteiger partial charge on any atom is 0.237 e. The molecule has 0 saturated carbocycles. The number of nitrogens with two attached hydrogens (primary N) is 1. The molecule has 18 heavy (non-hydrogen) atoms. The van der Waals surface area contributed by atoms with Crippen molar-refractivity contribution in [1.29, 1.82) is 0 Å². The van der Waals surface area contributed by atoms with E-state index in [1.54, 1.807) is 0 Å². The molecule has 0 aromatic rings. The highest BCUT2D eigenvalue weighted by Crippen LogP contribution is 2.20. The second kappa shape index (κ2) is 6.02. The van der Waals surface area contributed by atoms with Crippen molar-refractivity contribution in [3.8, 4) is 0 Å².